The number of benzene rings is 1. The van der Waals surface area contributed by atoms with Crippen molar-refractivity contribution in [2.75, 3.05) is 11.4 Å². The van der Waals surface area contributed by atoms with Crippen LogP contribution in [0.15, 0.2) is 12.1 Å². The summed E-state index contributed by atoms with van der Waals surface area (Å²) in [5.74, 6) is -3.22. The number of hydrogen-bond acceptors (Lipinski definition) is 4. The molecule has 2 rings (SSSR count). The normalized spacial score (nSPS) is 19.4. The molecular formula is C10H9F2N3O3. The average molecular weight is 257 g/mol. The Morgan fingerprint density at radius 1 is 1.44 bits per heavy atom. The van der Waals surface area contributed by atoms with Crippen LogP contribution in [0.2, 0.25) is 0 Å². The van der Waals surface area contributed by atoms with Crippen molar-refractivity contribution in [1.82, 2.24) is 0 Å². The van der Waals surface area contributed by atoms with E-state index in [4.69, 9.17) is 5.73 Å². The van der Waals surface area contributed by atoms with Crippen LogP contribution in [0.3, 0.4) is 0 Å². The Morgan fingerprint density at radius 2 is 2.11 bits per heavy atom. The van der Waals surface area contributed by atoms with E-state index >= 15 is 0 Å². The molecule has 8 heteroatoms. The minimum Gasteiger partial charge on any atom is -0.326 e. The third kappa shape index (κ3) is 1.90. The van der Waals surface area contributed by atoms with Crippen molar-refractivity contribution in [1.29, 1.82) is 0 Å². The van der Waals surface area contributed by atoms with E-state index in [2.05, 4.69) is 0 Å². The summed E-state index contributed by atoms with van der Waals surface area (Å²) in [5, 5.41) is 10.8. The second kappa shape index (κ2) is 4.30. The Kier molecular flexibility index (Phi) is 2.95. The molecule has 1 atom stereocenters. The van der Waals surface area contributed by atoms with Crippen LogP contribution in [0.25, 0.3) is 0 Å². The van der Waals surface area contributed by atoms with Crippen molar-refractivity contribution in [3.05, 3.63) is 33.9 Å². The van der Waals surface area contributed by atoms with Gasteiger partial charge in [0.05, 0.1) is 4.92 Å². The number of nitro benzene ring substituents is 1. The highest BCUT2D eigenvalue weighted by molar-refractivity contribution is 5.98. The fraction of sp³-hybridized carbons (Fsp3) is 0.300. The molecule has 1 unspecified atom stereocenters. The van der Waals surface area contributed by atoms with Gasteiger partial charge in [0.15, 0.2) is 17.3 Å². The molecule has 1 aromatic rings. The van der Waals surface area contributed by atoms with E-state index in [1.807, 2.05) is 0 Å². The summed E-state index contributed by atoms with van der Waals surface area (Å²) in [6, 6.07) is 0.933. The van der Waals surface area contributed by atoms with E-state index in [9.17, 15) is 23.7 Å². The number of amides is 1. The number of nitrogens with zero attached hydrogens (tertiary/aromatic N) is 2. The van der Waals surface area contributed by atoms with Gasteiger partial charge in [-0.3, -0.25) is 14.9 Å². The van der Waals surface area contributed by atoms with Gasteiger partial charge < -0.3 is 10.6 Å². The summed E-state index contributed by atoms with van der Waals surface area (Å²) in [6.07, 6.45) is -0.0485. The predicted molar refractivity (Wildman–Crippen MR) is 58.0 cm³/mol. The van der Waals surface area contributed by atoms with Crippen molar-refractivity contribution < 1.29 is 18.5 Å². The Balaban J connectivity index is 2.58. The van der Waals surface area contributed by atoms with E-state index in [-0.39, 0.29) is 13.0 Å². The zero-order chi connectivity index (χ0) is 13.4. The van der Waals surface area contributed by atoms with E-state index in [0.717, 1.165) is 11.0 Å². The first kappa shape index (κ1) is 12.4. The summed E-state index contributed by atoms with van der Waals surface area (Å²) in [7, 11) is 0. The molecule has 0 bridgehead atoms. The number of halogens is 2. The first-order chi connectivity index (χ1) is 8.41. The highest BCUT2D eigenvalue weighted by Gasteiger charge is 2.35. The summed E-state index contributed by atoms with van der Waals surface area (Å²) >= 11 is 0. The van der Waals surface area contributed by atoms with Crippen LogP contribution in [-0.4, -0.2) is 23.4 Å². The van der Waals surface area contributed by atoms with Crippen LogP contribution in [0.5, 0.6) is 0 Å². The second-order valence-electron chi connectivity index (χ2n) is 3.95. The van der Waals surface area contributed by atoms with Crippen molar-refractivity contribution in [3.63, 3.8) is 0 Å². The third-order valence-corrected chi connectivity index (χ3v) is 2.67. The van der Waals surface area contributed by atoms with Gasteiger partial charge in [0, 0.05) is 25.1 Å². The summed E-state index contributed by atoms with van der Waals surface area (Å²) < 4.78 is 26.8. The number of nitrogens with two attached hydrogens (primary N) is 1. The lowest BCUT2D eigenvalue weighted by atomic mass is 10.2. The lowest BCUT2D eigenvalue weighted by molar-refractivity contribution is -0.384. The zero-order valence-corrected chi connectivity index (χ0v) is 9.10. The van der Waals surface area contributed by atoms with Crippen LogP contribution in [-0.2, 0) is 4.79 Å². The van der Waals surface area contributed by atoms with Gasteiger partial charge in [-0.1, -0.05) is 0 Å². The quantitative estimate of drug-likeness (QED) is 0.630. The molecule has 2 N–H and O–H groups in total. The summed E-state index contributed by atoms with van der Waals surface area (Å²) in [4.78, 5) is 22.3. The molecule has 1 heterocycles. The van der Waals surface area contributed by atoms with Crippen LogP contribution in [0.1, 0.15) is 6.42 Å². The highest BCUT2D eigenvalue weighted by atomic mass is 19.2. The first-order valence-electron chi connectivity index (χ1n) is 5.10. The van der Waals surface area contributed by atoms with Crippen molar-refractivity contribution in [3.8, 4) is 0 Å². The van der Waals surface area contributed by atoms with Crippen molar-refractivity contribution >= 4 is 17.3 Å². The van der Waals surface area contributed by atoms with Gasteiger partial charge in [-0.15, -0.1) is 0 Å². The van der Waals surface area contributed by atoms with E-state index in [1.54, 1.807) is 0 Å². The molecule has 1 aromatic carbocycles. The molecule has 1 fully saturated rings. The molecule has 18 heavy (non-hydrogen) atoms. The molecule has 1 amide bonds. The number of nitro groups is 1. The molecule has 0 aromatic heterocycles. The molecule has 6 nitrogen and oxygen atoms in total. The van der Waals surface area contributed by atoms with E-state index in [1.165, 1.54) is 0 Å². The van der Waals surface area contributed by atoms with Crippen LogP contribution < -0.4 is 10.6 Å². The minimum absolute atomic E-state index is 0.0485. The topological polar surface area (TPSA) is 89.5 Å². The lowest BCUT2D eigenvalue weighted by Crippen LogP contribution is -2.29. The number of hydrogen-bond donors (Lipinski definition) is 1. The number of anilines is 1. The molecular weight excluding hydrogens is 248 g/mol. The molecule has 0 saturated carbocycles. The Hall–Kier alpha value is -2.09. The average Bonchev–Trinajstić information content (AvgIpc) is 2.61. The third-order valence-electron chi connectivity index (χ3n) is 2.67. The van der Waals surface area contributed by atoms with Crippen LogP contribution in [0, 0.1) is 21.7 Å². The molecule has 1 aliphatic heterocycles. The molecule has 96 valence electrons. The molecule has 0 aliphatic carbocycles. The zero-order valence-electron chi connectivity index (χ0n) is 9.10. The maximum Gasteiger partial charge on any atom is 0.296 e. The smallest absolute Gasteiger partial charge is 0.296 e. The fourth-order valence-electron chi connectivity index (χ4n) is 1.89. The van der Waals surface area contributed by atoms with Gasteiger partial charge in [0.2, 0.25) is 5.91 Å². The Labute approximate surface area is 100 Å². The second-order valence-corrected chi connectivity index (χ2v) is 3.95. The molecule has 0 radical (unpaired) electrons. The first-order valence-corrected chi connectivity index (χ1v) is 5.10. The van der Waals surface area contributed by atoms with Gasteiger partial charge in [-0.2, -0.15) is 0 Å². The summed E-state index contributed by atoms with van der Waals surface area (Å²) in [6.45, 7) is -0.0694. The van der Waals surface area contributed by atoms with Gasteiger partial charge >= 0.3 is 0 Å². The van der Waals surface area contributed by atoms with Crippen LogP contribution >= 0.6 is 0 Å². The molecule has 0 spiro atoms. The number of rotatable bonds is 2. The van der Waals surface area contributed by atoms with E-state index < -0.39 is 39.9 Å². The fourth-order valence-corrected chi connectivity index (χ4v) is 1.89. The summed E-state index contributed by atoms with van der Waals surface area (Å²) in [5.41, 5.74) is 4.21. The number of carbonyl (C=O) groups is 1. The number of carbonyl (C=O) groups excluding carboxylic acids is 1. The standard InChI is InChI=1S/C10H9F2N3O3/c11-6-1-2-7(15(17)18)10(9(6)12)14-4-5(13)3-8(14)16/h1-2,5H,3-4,13H2. The SMILES string of the molecule is NC1CC(=O)N(c2c([N+](=O)[O-])ccc(F)c2F)C1. The van der Waals surface area contributed by atoms with Crippen molar-refractivity contribution in [2.24, 2.45) is 5.73 Å². The van der Waals surface area contributed by atoms with Gasteiger partial charge in [0.25, 0.3) is 5.69 Å². The monoisotopic (exact) mass is 257 g/mol. The largest absolute Gasteiger partial charge is 0.326 e. The van der Waals surface area contributed by atoms with Gasteiger partial charge in [0.1, 0.15) is 0 Å². The van der Waals surface area contributed by atoms with Crippen LogP contribution in [0.4, 0.5) is 20.2 Å². The predicted octanol–water partition coefficient (Wildman–Crippen LogP) is 0.937. The minimum atomic E-state index is -1.41. The molecule has 1 aliphatic rings. The maximum atomic E-state index is 13.7. The Morgan fingerprint density at radius 3 is 2.61 bits per heavy atom. The van der Waals surface area contributed by atoms with Crippen molar-refractivity contribution in [2.45, 2.75) is 12.5 Å². The lowest BCUT2D eigenvalue weighted by Gasteiger charge is -2.16. The Bertz CT molecular complexity index is 535. The van der Waals surface area contributed by atoms with Gasteiger partial charge in [-0.05, 0) is 6.07 Å². The van der Waals surface area contributed by atoms with Gasteiger partial charge in [-0.25, -0.2) is 8.78 Å². The maximum absolute atomic E-state index is 13.7. The molecule has 1 saturated heterocycles. The van der Waals surface area contributed by atoms with E-state index in [0.29, 0.717) is 6.07 Å². The highest BCUT2D eigenvalue weighted by Crippen LogP contribution is 2.34.